The first-order valence-electron chi connectivity index (χ1n) is 1.78. The summed E-state index contributed by atoms with van der Waals surface area (Å²) in [5.74, 6) is 0.932. The van der Waals surface area contributed by atoms with E-state index in [2.05, 4.69) is 15.2 Å². The molecule has 1 aromatic rings. The Labute approximate surface area is 65.2 Å². The standard InChI is InChI=1S/C3H3ClN3.Ir/c4-1-3-5-2-6-7-3;/h2H,1H2;/q-1;. The van der Waals surface area contributed by atoms with E-state index in [-0.39, 0.29) is 20.1 Å². The van der Waals surface area contributed by atoms with E-state index in [0.717, 1.165) is 0 Å². The number of aromatic nitrogens is 3. The average Bonchev–Trinajstić information content (AvgIpc) is 2.14. The molecule has 0 atom stereocenters. The van der Waals surface area contributed by atoms with Crippen LogP contribution < -0.4 is 4.98 Å². The molecule has 1 radical (unpaired) electrons. The van der Waals surface area contributed by atoms with Gasteiger partial charge >= 0.3 is 0 Å². The molecule has 5 heteroatoms. The number of alkyl halides is 1. The van der Waals surface area contributed by atoms with Gasteiger partial charge in [0.05, 0.1) is 5.88 Å². The molecule has 1 rings (SSSR count). The Balaban J connectivity index is 0.000000490. The van der Waals surface area contributed by atoms with E-state index in [1.165, 1.54) is 6.33 Å². The minimum Gasteiger partial charge on any atom is -0.369 e. The fourth-order valence-corrected chi connectivity index (χ4v) is 0.394. The molecule has 0 unspecified atom stereocenters. The molecule has 0 saturated heterocycles. The zero-order valence-electron chi connectivity index (χ0n) is 3.84. The second-order valence-electron chi connectivity index (χ2n) is 1.01. The SMILES string of the molecule is ClCc1nnc[n-]1.[Ir]. The Morgan fingerprint density at radius 1 is 1.75 bits per heavy atom. The van der Waals surface area contributed by atoms with Crippen LogP contribution in [0.25, 0.3) is 0 Å². The van der Waals surface area contributed by atoms with Crippen molar-refractivity contribution in [2.24, 2.45) is 0 Å². The number of hydrogen-bond donors (Lipinski definition) is 0. The van der Waals surface area contributed by atoms with Crippen LogP contribution in [-0.2, 0) is 26.0 Å². The molecular weight excluding hydrogens is 306 g/mol. The third kappa shape index (κ3) is 1.90. The van der Waals surface area contributed by atoms with Crippen LogP contribution in [0, 0.1) is 0 Å². The van der Waals surface area contributed by atoms with Crippen molar-refractivity contribution in [3.8, 4) is 0 Å². The second kappa shape index (κ2) is 4.01. The zero-order valence-corrected chi connectivity index (χ0v) is 6.99. The van der Waals surface area contributed by atoms with Crippen LogP contribution in [0.4, 0.5) is 0 Å². The molecule has 0 N–H and O–H groups in total. The van der Waals surface area contributed by atoms with Crippen molar-refractivity contribution in [1.82, 2.24) is 15.2 Å². The summed E-state index contributed by atoms with van der Waals surface area (Å²) in [5, 5.41) is 6.99. The number of halogens is 1. The third-order valence-electron chi connectivity index (χ3n) is 0.551. The van der Waals surface area contributed by atoms with Gasteiger partial charge in [0.1, 0.15) is 0 Å². The number of rotatable bonds is 1. The van der Waals surface area contributed by atoms with E-state index >= 15 is 0 Å². The van der Waals surface area contributed by atoms with Crippen molar-refractivity contribution in [3.63, 3.8) is 0 Å². The smallest absolute Gasteiger partial charge is 0.0526 e. The first-order chi connectivity index (χ1) is 3.43. The van der Waals surface area contributed by atoms with Crippen molar-refractivity contribution < 1.29 is 20.1 Å². The van der Waals surface area contributed by atoms with Gasteiger partial charge in [0.2, 0.25) is 0 Å². The van der Waals surface area contributed by atoms with Crippen molar-refractivity contribution in [2.45, 2.75) is 5.88 Å². The van der Waals surface area contributed by atoms with E-state index in [1.54, 1.807) is 0 Å². The van der Waals surface area contributed by atoms with Gasteiger partial charge in [0.25, 0.3) is 0 Å². The normalized spacial score (nSPS) is 8.12. The average molecular weight is 309 g/mol. The minimum atomic E-state index is 0. The van der Waals surface area contributed by atoms with E-state index in [9.17, 15) is 0 Å². The van der Waals surface area contributed by atoms with Crippen molar-refractivity contribution in [2.75, 3.05) is 0 Å². The van der Waals surface area contributed by atoms with Gasteiger partial charge in [-0.1, -0.05) is 0 Å². The molecule has 0 saturated carbocycles. The summed E-state index contributed by atoms with van der Waals surface area (Å²) in [4.78, 5) is 3.68. The number of hydrogen-bond acceptors (Lipinski definition) is 2. The van der Waals surface area contributed by atoms with Gasteiger partial charge in [-0.2, -0.15) is 0 Å². The molecule has 8 heavy (non-hydrogen) atoms. The fraction of sp³-hybridized carbons (Fsp3) is 0.333. The largest absolute Gasteiger partial charge is 0.369 e. The van der Waals surface area contributed by atoms with E-state index in [4.69, 9.17) is 11.6 Å². The molecule has 3 nitrogen and oxygen atoms in total. The predicted molar refractivity (Wildman–Crippen MR) is 24.9 cm³/mol. The summed E-state index contributed by atoms with van der Waals surface area (Å²) < 4.78 is 0. The molecule has 0 bridgehead atoms. The Kier molecular flexibility index (Phi) is 4.05. The maximum atomic E-state index is 5.30. The summed E-state index contributed by atoms with van der Waals surface area (Å²) in [5.41, 5.74) is 0. The Bertz CT molecular complexity index is 129. The van der Waals surface area contributed by atoms with Crippen molar-refractivity contribution in [3.05, 3.63) is 12.2 Å². The van der Waals surface area contributed by atoms with Crippen LogP contribution in [0.2, 0.25) is 0 Å². The number of nitrogens with zero attached hydrogens (tertiary/aromatic N) is 3. The van der Waals surface area contributed by atoms with Gasteiger partial charge in [0.15, 0.2) is 0 Å². The van der Waals surface area contributed by atoms with Crippen LogP contribution in [0.15, 0.2) is 6.33 Å². The minimum absolute atomic E-state index is 0. The molecule has 47 valence electrons. The van der Waals surface area contributed by atoms with Gasteiger partial charge < -0.3 is 15.2 Å². The molecule has 0 aliphatic carbocycles. The molecule has 1 aromatic heterocycles. The van der Waals surface area contributed by atoms with Gasteiger partial charge in [-0.3, -0.25) is 0 Å². The Morgan fingerprint density at radius 3 is 2.75 bits per heavy atom. The molecular formula is C3H3ClIrN3-. The fourth-order valence-electron chi connectivity index (χ4n) is 0.272. The van der Waals surface area contributed by atoms with E-state index in [0.29, 0.717) is 11.7 Å². The summed E-state index contributed by atoms with van der Waals surface area (Å²) in [6.45, 7) is 0. The van der Waals surface area contributed by atoms with Gasteiger partial charge in [0, 0.05) is 25.9 Å². The van der Waals surface area contributed by atoms with Crippen LogP contribution in [0.1, 0.15) is 5.82 Å². The van der Waals surface area contributed by atoms with Crippen molar-refractivity contribution >= 4 is 11.6 Å². The Hall–Kier alpha value is 0.0794. The monoisotopic (exact) mass is 309 g/mol. The zero-order chi connectivity index (χ0) is 5.11. The first kappa shape index (κ1) is 8.08. The summed E-state index contributed by atoms with van der Waals surface area (Å²) in [6, 6.07) is 0. The molecule has 0 aromatic carbocycles. The van der Waals surface area contributed by atoms with Gasteiger partial charge in [-0.25, -0.2) is 0 Å². The molecule has 0 fully saturated rings. The van der Waals surface area contributed by atoms with Gasteiger partial charge in [-0.15, -0.1) is 11.6 Å². The summed E-state index contributed by atoms with van der Waals surface area (Å²) in [6.07, 6.45) is 1.37. The summed E-state index contributed by atoms with van der Waals surface area (Å²) in [7, 11) is 0. The predicted octanol–water partition coefficient (Wildman–Crippen LogP) is 0.170. The Morgan fingerprint density at radius 2 is 2.50 bits per heavy atom. The first-order valence-corrected chi connectivity index (χ1v) is 2.32. The third-order valence-corrected chi connectivity index (χ3v) is 0.790. The second-order valence-corrected chi connectivity index (χ2v) is 1.28. The van der Waals surface area contributed by atoms with Crippen LogP contribution in [-0.4, -0.2) is 10.2 Å². The maximum Gasteiger partial charge on any atom is 0.0526 e. The molecule has 0 aliphatic rings. The van der Waals surface area contributed by atoms with Crippen molar-refractivity contribution in [1.29, 1.82) is 0 Å². The maximum absolute atomic E-state index is 5.30. The van der Waals surface area contributed by atoms with Crippen LogP contribution >= 0.6 is 11.6 Å². The quantitative estimate of drug-likeness (QED) is 0.695. The molecule has 0 amide bonds. The van der Waals surface area contributed by atoms with Gasteiger partial charge in [-0.05, 0) is 6.33 Å². The van der Waals surface area contributed by atoms with E-state index < -0.39 is 0 Å². The molecule has 0 spiro atoms. The van der Waals surface area contributed by atoms with Crippen LogP contribution in [0.5, 0.6) is 0 Å². The topological polar surface area (TPSA) is 39.9 Å². The molecule has 1 heterocycles. The van der Waals surface area contributed by atoms with E-state index in [1.807, 2.05) is 0 Å². The van der Waals surface area contributed by atoms with Crippen LogP contribution in [0.3, 0.4) is 0 Å². The molecule has 0 aliphatic heterocycles. The summed E-state index contributed by atoms with van der Waals surface area (Å²) >= 11 is 5.30.